The second kappa shape index (κ2) is 6.65. The van der Waals surface area contributed by atoms with Gasteiger partial charge in [-0.05, 0) is 6.07 Å². The molecule has 1 amide bonds. The summed E-state index contributed by atoms with van der Waals surface area (Å²) in [6.45, 7) is 0.839. The molecule has 6 heteroatoms. The van der Waals surface area contributed by atoms with E-state index in [9.17, 15) is 4.79 Å². The SMILES string of the molecule is COCCNC(=O)COc1nncc2ccccc12. The van der Waals surface area contributed by atoms with Crippen molar-refractivity contribution >= 4 is 16.7 Å². The van der Waals surface area contributed by atoms with Gasteiger partial charge in [0.15, 0.2) is 6.61 Å². The Kier molecular flexibility index (Phi) is 4.63. The molecule has 0 atom stereocenters. The maximum Gasteiger partial charge on any atom is 0.258 e. The van der Waals surface area contributed by atoms with Gasteiger partial charge in [-0.3, -0.25) is 4.79 Å². The highest BCUT2D eigenvalue weighted by Crippen LogP contribution is 2.20. The Morgan fingerprint density at radius 2 is 2.21 bits per heavy atom. The van der Waals surface area contributed by atoms with Crippen LogP contribution in [0.4, 0.5) is 0 Å². The van der Waals surface area contributed by atoms with Gasteiger partial charge in [0.25, 0.3) is 5.91 Å². The number of carbonyl (C=O) groups excluding carboxylic acids is 1. The third-order valence-electron chi connectivity index (χ3n) is 2.50. The standard InChI is InChI=1S/C13H15N3O3/c1-18-7-6-14-12(17)9-19-13-11-5-3-2-4-10(11)8-15-16-13/h2-5,8H,6-7,9H2,1H3,(H,14,17). The average Bonchev–Trinajstić information content (AvgIpc) is 2.45. The van der Waals surface area contributed by atoms with Crippen molar-refractivity contribution < 1.29 is 14.3 Å². The number of hydrogen-bond acceptors (Lipinski definition) is 5. The lowest BCUT2D eigenvalue weighted by Gasteiger charge is -2.07. The zero-order valence-corrected chi connectivity index (χ0v) is 10.6. The van der Waals surface area contributed by atoms with Crippen LogP contribution in [0, 0.1) is 0 Å². The first-order valence-electron chi connectivity index (χ1n) is 5.90. The Hall–Kier alpha value is -2.21. The molecule has 0 unspecified atom stereocenters. The zero-order valence-electron chi connectivity index (χ0n) is 10.6. The molecule has 0 spiro atoms. The van der Waals surface area contributed by atoms with Crippen LogP contribution in [0.1, 0.15) is 0 Å². The van der Waals surface area contributed by atoms with E-state index in [2.05, 4.69) is 15.5 Å². The molecule has 1 heterocycles. The second-order valence-corrected chi connectivity index (χ2v) is 3.87. The van der Waals surface area contributed by atoms with E-state index in [0.29, 0.717) is 19.0 Å². The van der Waals surface area contributed by atoms with Gasteiger partial charge in [-0.25, -0.2) is 0 Å². The maximum atomic E-state index is 11.5. The number of methoxy groups -OCH3 is 1. The molecule has 0 bridgehead atoms. The molecule has 0 saturated heterocycles. The van der Waals surface area contributed by atoms with E-state index < -0.39 is 0 Å². The molecule has 6 nitrogen and oxygen atoms in total. The van der Waals surface area contributed by atoms with Crippen LogP contribution in [-0.4, -0.2) is 43.0 Å². The van der Waals surface area contributed by atoms with E-state index in [0.717, 1.165) is 10.8 Å². The van der Waals surface area contributed by atoms with E-state index in [1.54, 1.807) is 13.3 Å². The molecule has 0 aliphatic rings. The van der Waals surface area contributed by atoms with Crippen LogP contribution in [-0.2, 0) is 9.53 Å². The van der Waals surface area contributed by atoms with Crippen LogP contribution in [0.5, 0.6) is 5.88 Å². The lowest BCUT2D eigenvalue weighted by molar-refractivity contribution is -0.123. The maximum absolute atomic E-state index is 11.5. The molecular weight excluding hydrogens is 246 g/mol. The molecular formula is C13H15N3O3. The second-order valence-electron chi connectivity index (χ2n) is 3.87. The van der Waals surface area contributed by atoms with E-state index in [4.69, 9.17) is 9.47 Å². The summed E-state index contributed by atoms with van der Waals surface area (Å²) in [4.78, 5) is 11.5. The lowest BCUT2D eigenvalue weighted by Crippen LogP contribution is -2.31. The first-order chi connectivity index (χ1) is 9.31. The van der Waals surface area contributed by atoms with Gasteiger partial charge in [-0.2, -0.15) is 5.10 Å². The summed E-state index contributed by atoms with van der Waals surface area (Å²) in [5.41, 5.74) is 0. The van der Waals surface area contributed by atoms with E-state index >= 15 is 0 Å². The number of benzene rings is 1. The summed E-state index contributed by atoms with van der Waals surface area (Å²) >= 11 is 0. The van der Waals surface area contributed by atoms with Crippen molar-refractivity contribution in [2.24, 2.45) is 0 Å². The number of rotatable bonds is 6. The fourth-order valence-corrected chi connectivity index (χ4v) is 1.59. The lowest BCUT2D eigenvalue weighted by atomic mass is 10.2. The van der Waals surface area contributed by atoms with Gasteiger partial charge in [-0.15, -0.1) is 5.10 Å². The van der Waals surface area contributed by atoms with Crippen LogP contribution >= 0.6 is 0 Å². The minimum absolute atomic E-state index is 0.0909. The fraction of sp³-hybridized carbons (Fsp3) is 0.308. The monoisotopic (exact) mass is 261 g/mol. The van der Waals surface area contributed by atoms with Crippen molar-refractivity contribution in [3.05, 3.63) is 30.5 Å². The number of nitrogens with one attached hydrogen (secondary N) is 1. The summed E-state index contributed by atoms with van der Waals surface area (Å²) in [5, 5.41) is 12.2. The highest BCUT2D eigenvalue weighted by molar-refractivity contribution is 5.86. The number of nitrogens with zero attached hydrogens (tertiary/aromatic N) is 2. The van der Waals surface area contributed by atoms with Gasteiger partial charge < -0.3 is 14.8 Å². The number of fused-ring (bicyclic) bond motifs is 1. The van der Waals surface area contributed by atoms with Crippen molar-refractivity contribution in [2.75, 3.05) is 26.9 Å². The highest BCUT2D eigenvalue weighted by atomic mass is 16.5. The quantitative estimate of drug-likeness (QED) is 0.777. The number of amides is 1. The van der Waals surface area contributed by atoms with Crippen LogP contribution < -0.4 is 10.1 Å². The summed E-state index contributed by atoms with van der Waals surface area (Å²) in [7, 11) is 1.58. The largest absolute Gasteiger partial charge is 0.466 e. The third-order valence-corrected chi connectivity index (χ3v) is 2.50. The average molecular weight is 261 g/mol. The molecule has 19 heavy (non-hydrogen) atoms. The van der Waals surface area contributed by atoms with Gasteiger partial charge >= 0.3 is 0 Å². The van der Waals surface area contributed by atoms with Crippen LogP contribution in [0.3, 0.4) is 0 Å². The molecule has 0 aliphatic carbocycles. The number of hydrogen-bond donors (Lipinski definition) is 1. The number of carbonyl (C=O) groups is 1. The molecule has 0 radical (unpaired) electrons. The summed E-state index contributed by atoms with van der Waals surface area (Å²) in [6.07, 6.45) is 1.65. The van der Waals surface area contributed by atoms with Crippen LogP contribution in [0.15, 0.2) is 30.5 Å². The molecule has 0 saturated carbocycles. The third kappa shape index (κ3) is 3.62. The van der Waals surface area contributed by atoms with Crippen LogP contribution in [0.2, 0.25) is 0 Å². The molecule has 0 fully saturated rings. The van der Waals surface area contributed by atoms with Gasteiger partial charge in [0, 0.05) is 24.4 Å². The van der Waals surface area contributed by atoms with Crippen molar-refractivity contribution in [2.45, 2.75) is 0 Å². The first-order valence-corrected chi connectivity index (χ1v) is 5.90. The zero-order chi connectivity index (χ0) is 13.5. The Labute approximate surface area is 110 Å². The molecule has 1 aromatic heterocycles. The van der Waals surface area contributed by atoms with Crippen molar-refractivity contribution in [1.82, 2.24) is 15.5 Å². The normalized spacial score (nSPS) is 10.4. The van der Waals surface area contributed by atoms with Crippen molar-refractivity contribution in [3.63, 3.8) is 0 Å². The Bertz CT molecular complexity index is 554. The molecule has 0 aliphatic heterocycles. The molecule has 1 N–H and O–H groups in total. The summed E-state index contributed by atoms with van der Waals surface area (Å²) in [6, 6.07) is 7.58. The van der Waals surface area contributed by atoms with Gasteiger partial charge in [-0.1, -0.05) is 18.2 Å². The number of ether oxygens (including phenoxy) is 2. The Morgan fingerprint density at radius 1 is 1.37 bits per heavy atom. The minimum Gasteiger partial charge on any atom is -0.466 e. The van der Waals surface area contributed by atoms with Gasteiger partial charge in [0.05, 0.1) is 12.8 Å². The summed E-state index contributed by atoms with van der Waals surface area (Å²) in [5.74, 6) is 0.145. The predicted molar refractivity (Wildman–Crippen MR) is 69.9 cm³/mol. The summed E-state index contributed by atoms with van der Waals surface area (Å²) < 4.78 is 10.2. The van der Waals surface area contributed by atoms with Gasteiger partial charge in [0.1, 0.15) is 0 Å². The Morgan fingerprint density at radius 3 is 3.05 bits per heavy atom. The van der Waals surface area contributed by atoms with E-state index in [1.165, 1.54) is 0 Å². The van der Waals surface area contributed by atoms with Gasteiger partial charge in [0.2, 0.25) is 5.88 Å². The first kappa shape index (κ1) is 13.2. The number of aromatic nitrogens is 2. The molecule has 2 rings (SSSR count). The predicted octanol–water partition coefficient (Wildman–Crippen LogP) is 0.771. The highest BCUT2D eigenvalue weighted by Gasteiger charge is 2.07. The van der Waals surface area contributed by atoms with E-state index in [1.807, 2.05) is 24.3 Å². The fourth-order valence-electron chi connectivity index (χ4n) is 1.59. The molecule has 2 aromatic rings. The van der Waals surface area contributed by atoms with E-state index in [-0.39, 0.29) is 12.5 Å². The molecule has 1 aromatic carbocycles. The smallest absolute Gasteiger partial charge is 0.258 e. The van der Waals surface area contributed by atoms with Crippen molar-refractivity contribution in [1.29, 1.82) is 0 Å². The topological polar surface area (TPSA) is 73.3 Å². The minimum atomic E-state index is -0.216. The molecule has 100 valence electrons. The van der Waals surface area contributed by atoms with Crippen molar-refractivity contribution in [3.8, 4) is 5.88 Å². The van der Waals surface area contributed by atoms with Crippen LogP contribution in [0.25, 0.3) is 10.8 Å². The Balaban J connectivity index is 1.96.